The number of pyridine rings is 1. The largest absolute Gasteiger partial charge is 0.489 e. The van der Waals surface area contributed by atoms with Crippen LogP contribution in [0.4, 0.5) is 0 Å². The molecule has 0 radical (unpaired) electrons. The zero-order valence-corrected chi connectivity index (χ0v) is 19.3. The molecule has 2 aliphatic heterocycles. The zero-order valence-electron chi connectivity index (χ0n) is 19.3. The van der Waals surface area contributed by atoms with Crippen LogP contribution in [0.25, 0.3) is 0 Å². The summed E-state index contributed by atoms with van der Waals surface area (Å²) in [5.41, 5.74) is 0.908. The Kier molecular flexibility index (Phi) is 7.54. The van der Waals surface area contributed by atoms with E-state index in [-0.39, 0.29) is 42.2 Å². The van der Waals surface area contributed by atoms with Crippen LogP contribution in [0.15, 0.2) is 24.5 Å². The highest BCUT2D eigenvalue weighted by Gasteiger charge is 2.39. The molecule has 2 aliphatic rings. The summed E-state index contributed by atoms with van der Waals surface area (Å²) in [6.07, 6.45) is 6.68. The lowest BCUT2D eigenvalue weighted by Gasteiger charge is -2.23. The predicted molar refractivity (Wildman–Crippen MR) is 119 cm³/mol. The lowest BCUT2D eigenvalue weighted by Crippen LogP contribution is -2.44. The SMILES string of the molecule is CCCC(CCC)C(=O)N1C[C@@H]2NC(=O)c3ncccc3OCCn3cc(nn3)CO[C@H]2C1. The van der Waals surface area contributed by atoms with Crippen LogP contribution in [-0.2, 0) is 22.7 Å². The first-order valence-corrected chi connectivity index (χ1v) is 11.8. The maximum Gasteiger partial charge on any atom is 0.274 e. The van der Waals surface area contributed by atoms with Crippen molar-refractivity contribution in [3.05, 3.63) is 35.9 Å². The van der Waals surface area contributed by atoms with E-state index in [2.05, 4.69) is 34.5 Å². The molecule has 178 valence electrons. The average Bonchev–Trinajstić information content (AvgIpc) is 3.43. The van der Waals surface area contributed by atoms with Gasteiger partial charge in [0.05, 0.1) is 31.5 Å². The van der Waals surface area contributed by atoms with Crippen molar-refractivity contribution < 1.29 is 19.1 Å². The molecule has 2 amide bonds. The van der Waals surface area contributed by atoms with E-state index in [1.807, 2.05) is 11.1 Å². The van der Waals surface area contributed by atoms with Crippen molar-refractivity contribution in [3.8, 4) is 5.75 Å². The number of hydrogen-bond donors (Lipinski definition) is 1. The fourth-order valence-corrected chi connectivity index (χ4v) is 4.48. The number of fused-ring (bicyclic) bond motifs is 4. The predicted octanol–water partition coefficient (Wildman–Crippen LogP) is 1.81. The smallest absolute Gasteiger partial charge is 0.274 e. The Bertz CT molecular complexity index is 958. The lowest BCUT2D eigenvalue weighted by atomic mass is 9.97. The Morgan fingerprint density at radius 1 is 1.27 bits per heavy atom. The van der Waals surface area contributed by atoms with E-state index in [1.165, 1.54) is 0 Å². The first-order valence-electron chi connectivity index (χ1n) is 11.8. The number of nitrogens with one attached hydrogen (secondary N) is 1. The van der Waals surface area contributed by atoms with Crippen LogP contribution < -0.4 is 10.1 Å². The zero-order chi connectivity index (χ0) is 23.2. The van der Waals surface area contributed by atoms with Crippen molar-refractivity contribution in [2.24, 2.45) is 5.92 Å². The van der Waals surface area contributed by atoms with Crippen molar-refractivity contribution in [1.29, 1.82) is 0 Å². The van der Waals surface area contributed by atoms with Crippen molar-refractivity contribution >= 4 is 11.8 Å². The van der Waals surface area contributed by atoms with Crippen LogP contribution in [0.2, 0.25) is 0 Å². The lowest BCUT2D eigenvalue weighted by molar-refractivity contribution is -0.135. The quantitative estimate of drug-likeness (QED) is 0.730. The number of carbonyl (C=O) groups is 2. The van der Waals surface area contributed by atoms with Crippen LogP contribution >= 0.6 is 0 Å². The molecule has 1 saturated heterocycles. The molecule has 0 unspecified atom stereocenters. The highest BCUT2D eigenvalue weighted by atomic mass is 16.5. The summed E-state index contributed by atoms with van der Waals surface area (Å²) in [6.45, 7) is 6.07. The molecule has 0 saturated carbocycles. The molecule has 2 aromatic heterocycles. The van der Waals surface area contributed by atoms with E-state index in [0.717, 1.165) is 25.7 Å². The molecule has 10 heteroatoms. The van der Waals surface area contributed by atoms with Gasteiger partial charge in [-0.1, -0.05) is 31.9 Å². The van der Waals surface area contributed by atoms with E-state index in [4.69, 9.17) is 9.47 Å². The number of aromatic nitrogens is 4. The van der Waals surface area contributed by atoms with Crippen molar-refractivity contribution in [2.75, 3.05) is 19.7 Å². The third-order valence-corrected chi connectivity index (χ3v) is 6.11. The minimum Gasteiger partial charge on any atom is -0.489 e. The molecule has 4 heterocycles. The van der Waals surface area contributed by atoms with Gasteiger partial charge in [-0.15, -0.1) is 5.10 Å². The minimum absolute atomic E-state index is 0.0000915. The maximum absolute atomic E-state index is 13.3. The number of carbonyl (C=O) groups excluding carboxylic acids is 2. The number of hydrogen-bond acceptors (Lipinski definition) is 7. The van der Waals surface area contributed by atoms with E-state index >= 15 is 0 Å². The van der Waals surface area contributed by atoms with Crippen LogP contribution in [0, 0.1) is 5.92 Å². The Morgan fingerprint density at radius 3 is 2.88 bits per heavy atom. The summed E-state index contributed by atoms with van der Waals surface area (Å²) >= 11 is 0. The Morgan fingerprint density at radius 2 is 2.09 bits per heavy atom. The highest BCUT2D eigenvalue weighted by Crippen LogP contribution is 2.24. The second-order valence-corrected chi connectivity index (χ2v) is 8.62. The van der Waals surface area contributed by atoms with E-state index in [0.29, 0.717) is 37.7 Å². The van der Waals surface area contributed by atoms with Gasteiger partial charge in [-0.25, -0.2) is 9.67 Å². The standard InChI is InChI=1S/C23H32N6O4/c1-3-6-16(7-4-2)23(31)28-13-18-20(14-28)33-15-17-12-29(27-26-17)10-11-32-19-8-5-9-24-21(19)22(30)25-18/h5,8-9,12,16,18,20H,3-4,6-7,10-11,13-15H2,1-2H3,(H,25,30)/t18-,20-/m0/s1. The average molecular weight is 457 g/mol. The number of nitrogens with zero attached hydrogens (tertiary/aromatic N) is 5. The molecular formula is C23H32N6O4. The molecule has 2 aromatic rings. The topological polar surface area (TPSA) is 111 Å². The van der Waals surface area contributed by atoms with Gasteiger partial charge >= 0.3 is 0 Å². The first kappa shape index (κ1) is 23.2. The number of amides is 2. The second-order valence-electron chi connectivity index (χ2n) is 8.62. The van der Waals surface area contributed by atoms with Crippen LogP contribution in [0.1, 0.15) is 55.7 Å². The summed E-state index contributed by atoms with van der Waals surface area (Å²) in [4.78, 5) is 32.4. The molecule has 1 fully saturated rings. The number of likely N-dealkylation sites (tertiary alicyclic amines) is 1. The molecule has 0 spiro atoms. The fourth-order valence-electron chi connectivity index (χ4n) is 4.48. The van der Waals surface area contributed by atoms with Gasteiger partial charge in [-0.05, 0) is 25.0 Å². The third kappa shape index (κ3) is 5.50. The van der Waals surface area contributed by atoms with Gasteiger partial charge in [0, 0.05) is 25.2 Å². The Hall–Kier alpha value is -3.01. The number of rotatable bonds is 5. The van der Waals surface area contributed by atoms with Crippen LogP contribution in [-0.4, -0.2) is 68.5 Å². The molecular weight excluding hydrogens is 424 g/mol. The Labute approximate surface area is 193 Å². The van der Waals surface area contributed by atoms with Gasteiger partial charge in [-0.3, -0.25) is 9.59 Å². The van der Waals surface area contributed by atoms with Crippen molar-refractivity contribution in [3.63, 3.8) is 0 Å². The summed E-state index contributed by atoms with van der Waals surface area (Å²) < 4.78 is 13.6. The monoisotopic (exact) mass is 456 g/mol. The van der Waals surface area contributed by atoms with E-state index in [1.54, 1.807) is 23.0 Å². The maximum atomic E-state index is 13.3. The normalized spacial score (nSPS) is 21.1. The summed E-state index contributed by atoms with van der Waals surface area (Å²) in [5, 5.41) is 11.3. The van der Waals surface area contributed by atoms with E-state index < -0.39 is 0 Å². The molecule has 2 atom stereocenters. The van der Waals surface area contributed by atoms with Crippen molar-refractivity contribution in [2.45, 2.75) is 64.8 Å². The van der Waals surface area contributed by atoms with Gasteiger partial charge in [0.15, 0.2) is 11.4 Å². The van der Waals surface area contributed by atoms with Gasteiger partial charge in [-0.2, -0.15) is 0 Å². The second kappa shape index (κ2) is 10.7. The minimum atomic E-state index is -0.363. The van der Waals surface area contributed by atoms with Crippen LogP contribution in [0.3, 0.4) is 0 Å². The molecule has 4 rings (SSSR count). The summed E-state index contributed by atoms with van der Waals surface area (Å²) in [5.74, 6) is 0.197. The fraction of sp³-hybridized carbons (Fsp3) is 0.609. The van der Waals surface area contributed by atoms with Gasteiger partial charge in [0.2, 0.25) is 5.91 Å². The van der Waals surface area contributed by atoms with Crippen molar-refractivity contribution in [1.82, 2.24) is 30.2 Å². The van der Waals surface area contributed by atoms with Gasteiger partial charge in [0.25, 0.3) is 5.91 Å². The van der Waals surface area contributed by atoms with Crippen LogP contribution in [0.5, 0.6) is 5.75 Å². The van der Waals surface area contributed by atoms with Gasteiger partial charge in [0.1, 0.15) is 12.3 Å². The first-order chi connectivity index (χ1) is 16.1. The van der Waals surface area contributed by atoms with E-state index in [9.17, 15) is 9.59 Å². The van der Waals surface area contributed by atoms with Gasteiger partial charge < -0.3 is 19.7 Å². The summed E-state index contributed by atoms with van der Waals surface area (Å²) in [7, 11) is 0. The molecule has 0 aromatic carbocycles. The highest BCUT2D eigenvalue weighted by molar-refractivity contribution is 5.95. The Balaban J connectivity index is 1.57. The summed E-state index contributed by atoms with van der Waals surface area (Å²) in [6, 6.07) is 3.09. The molecule has 2 bridgehead atoms. The third-order valence-electron chi connectivity index (χ3n) is 6.11. The molecule has 0 aliphatic carbocycles. The number of ether oxygens (including phenoxy) is 2. The molecule has 1 N–H and O–H groups in total. The molecule has 33 heavy (non-hydrogen) atoms. The molecule has 10 nitrogen and oxygen atoms in total.